The molecule has 0 atom stereocenters. The Kier molecular flexibility index (Phi) is 15.1. The topological polar surface area (TPSA) is 55.8 Å². The van der Waals surface area contributed by atoms with Gasteiger partial charge in [0.25, 0.3) is 0 Å². The van der Waals surface area contributed by atoms with Crippen LogP contribution in [0.1, 0.15) is 96.8 Å². The lowest BCUT2D eigenvalue weighted by molar-refractivity contribution is -0.144. The fourth-order valence-corrected chi connectivity index (χ4v) is 3.42. The standard InChI is InChI=1S/C22H41NO4/c1-2-3-4-5-6-10-13-16-23-17-19-26-21(24)14-11-8-7-9-12-15-22(25)27-20-18-23/h2-20H2,1H3. The maximum Gasteiger partial charge on any atom is 0.305 e. The minimum atomic E-state index is -0.0793. The minimum absolute atomic E-state index is 0.0793. The van der Waals surface area contributed by atoms with Gasteiger partial charge in [-0.25, -0.2) is 0 Å². The zero-order chi connectivity index (χ0) is 19.6. The van der Waals surface area contributed by atoms with Crippen molar-refractivity contribution in [2.24, 2.45) is 0 Å². The third-order valence-corrected chi connectivity index (χ3v) is 5.18. The van der Waals surface area contributed by atoms with Crippen molar-refractivity contribution in [3.63, 3.8) is 0 Å². The van der Waals surface area contributed by atoms with E-state index in [1.165, 1.54) is 38.5 Å². The summed E-state index contributed by atoms with van der Waals surface area (Å²) >= 11 is 0. The smallest absolute Gasteiger partial charge is 0.305 e. The molecule has 5 heteroatoms. The molecule has 1 aliphatic heterocycles. The van der Waals surface area contributed by atoms with Gasteiger partial charge in [-0.3, -0.25) is 14.5 Å². The third kappa shape index (κ3) is 14.6. The van der Waals surface area contributed by atoms with E-state index in [1.807, 2.05) is 0 Å². The van der Waals surface area contributed by atoms with Crippen LogP contribution in [0.3, 0.4) is 0 Å². The van der Waals surface area contributed by atoms with Gasteiger partial charge < -0.3 is 9.47 Å². The molecule has 0 N–H and O–H groups in total. The molecule has 0 bridgehead atoms. The number of rotatable bonds is 8. The van der Waals surface area contributed by atoms with E-state index in [-0.39, 0.29) is 11.9 Å². The first-order valence-electron chi connectivity index (χ1n) is 11.3. The van der Waals surface area contributed by atoms with Crippen LogP contribution in [0, 0.1) is 0 Å². The Hall–Kier alpha value is -1.10. The molecular formula is C22H41NO4. The van der Waals surface area contributed by atoms with E-state index in [0.29, 0.717) is 26.1 Å². The Labute approximate surface area is 166 Å². The van der Waals surface area contributed by atoms with Crippen LogP contribution >= 0.6 is 0 Å². The number of carbonyl (C=O) groups excluding carboxylic acids is 2. The predicted molar refractivity (Wildman–Crippen MR) is 109 cm³/mol. The maximum atomic E-state index is 11.8. The van der Waals surface area contributed by atoms with Crippen LogP contribution in [0.5, 0.6) is 0 Å². The summed E-state index contributed by atoms with van der Waals surface area (Å²) in [5.41, 5.74) is 0. The molecule has 1 aliphatic rings. The SMILES string of the molecule is CCCCCCCCCN1CCOC(=O)CCCCCCCC(=O)OCC1. The maximum absolute atomic E-state index is 11.8. The molecule has 27 heavy (non-hydrogen) atoms. The van der Waals surface area contributed by atoms with Crippen LogP contribution in [0.25, 0.3) is 0 Å². The number of hydrogen-bond donors (Lipinski definition) is 0. The minimum Gasteiger partial charge on any atom is -0.464 e. The average Bonchev–Trinajstić information content (AvgIpc) is 2.65. The number of carbonyl (C=O) groups is 2. The molecular weight excluding hydrogens is 342 g/mol. The summed E-state index contributed by atoms with van der Waals surface area (Å²) in [6.45, 7) is 5.53. The molecule has 0 aromatic carbocycles. The molecule has 0 spiro atoms. The van der Waals surface area contributed by atoms with Gasteiger partial charge in [0.2, 0.25) is 0 Å². The second-order valence-corrected chi connectivity index (χ2v) is 7.67. The van der Waals surface area contributed by atoms with Crippen molar-refractivity contribution < 1.29 is 19.1 Å². The van der Waals surface area contributed by atoms with Gasteiger partial charge in [0.1, 0.15) is 13.2 Å². The summed E-state index contributed by atoms with van der Waals surface area (Å²) in [6, 6.07) is 0. The summed E-state index contributed by atoms with van der Waals surface area (Å²) in [4.78, 5) is 25.9. The molecule has 5 nitrogen and oxygen atoms in total. The molecule has 0 aromatic rings. The first-order chi connectivity index (χ1) is 13.2. The summed E-state index contributed by atoms with van der Waals surface area (Å²) in [5, 5.41) is 0. The van der Waals surface area contributed by atoms with Crippen LogP contribution in [-0.2, 0) is 19.1 Å². The number of hydrogen-bond acceptors (Lipinski definition) is 5. The summed E-state index contributed by atoms with van der Waals surface area (Å²) in [6.07, 6.45) is 14.8. The molecule has 0 aliphatic carbocycles. The highest BCUT2D eigenvalue weighted by molar-refractivity contribution is 5.69. The Morgan fingerprint density at radius 1 is 0.704 bits per heavy atom. The van der Waals surface area contributed by atoms with Crippen LogP contribution in [0.2, 0.25) is 0 Å². The highest BCUT2D eigenvalue weighted by atomic mass is 16.5. The van der Waals surface area contributed by atoms with E-state index >= 15 is 0 Å². The van der Waals surface area contributed by atoms with E-state index in [9.17, 15) is 9.59 Å². The third-order valence-electron chi connectivity index (χ3n) is 5.18. The largest absolute Gasteiger partial charge is 0.464 e. The molecule has 158 valence electrons. The molecule has 0 unspecified atom stereocenters. The molecule has 0 aromatic heterocycles. The molecule has 1 saturated heterocycles. The first kappa shape index (κ1) is 23.9. The fourth-order valence-electron chi connectivity index (χ4n) is 3.42. The van der Waals surface area contributed by atoms with Crippen molar-refractivity contribution >= 4 is 11.9 Å². The Balaban J connectivity index is 2.31. The monoisotopic (exact) mass is 383 g/mol. The van der Waals surface area contributed by atoms with Gasteiger partial charge >= 0.3 is 11.9 Å². The van der Waals surface area contributed by atoms with Gasteiger partial charge in [0, 0.05) is 25.9 Å². The first-order valence-corrected chi connectivity index (χ1v) is 11.3. The number of nitrogens with zero attached hydrogens (tertiary/aromatic N) is 1. The van der Waals surface area contributed by atoms with E-state index in [4.69, 9.17) is 9.47 Å². The van der Waals surface area contributed by atoms with Crippen LogP contribution in [-0.4, -0.2) is 49.7 Å². The van der Waals surface area contributed by atoms with E-state index < -0.39 is 0 Å². The lowest BCUT2D eigenvalue weighted by atomic mass is 10.1. The molecule has 0 saturated carbocycles. The van der Waals surface area contributed by atoms with Crippen molar-refractivity contribution in [2.45, 2.75) is 96.8 Å². The Morgan fingerprint density at radius 3 is 1.74 bits per heavy atom. The molecule has 0 radical (unpaired) electrons. The van der Waals surface area contributed by atoms with Gasteiger partial charge in [0.15, 0.2) is 0 Å². The fraction of sp³-hybridized carbons (Fsp3) is 0.909. The second-order valence-electron chi connectivity index (χ2n) is 7.67. The number of ether oxygens (including phenoxy) is 2. The van der Waals surface area contributed by atoms with Crippen molar-refractivity contribution in [3.05, 3.63) is 0 Å². The van der Waals surface area contributed by atoms with Gasteiger partial charge in [-0.1, -0.05) is 64.7 Å². The van der Waals surface area contributed by atoms with E-state index in [2.05, 4.69) is 11.8 Å². The van der Waals surface area contributed by atoms with Crippen LogP contribution < -0.4 is 0 Å². The number of unbranched alkanes of at least 4 members (excludes halogenated alkanes) is 6. The zero-order valence-corrected chi connectivity index (χ0v) is 17.5. The quantitative estimate of drug-likeness (QED) is 0.442. The van der Waals surface area contributed by atoms with Gasteiger partial charge in [-0.15, -0.1) is 0 Å². The lowest BCUT2D eigenvalue weighted by Gasteiger charge is -2.22. The van der Waals surface area contributed by atoms with Gasteiger partial charge in [-0.05, 0) is 25.8 Å². The molecule has 1 fully saturated rings. The zero-order valence-electron chi connectivity index (χ0n) is 17.5. The van der Waals surface area contributed by atoms with Crippen molar-refractivity contribution in [1.29, 1.82) is 0 Å². The van der Waals surface area contributed by atoms with Crippen molar-refractivity contribution in [1.82, 2.24) is 4.90 Å². The summed E-state index contributed by atoms with van der Waals surface area (Å²) in [7, 11) is 0. The highest BCUT2D eigenvalue weighted by Gasteiger charge is 2.10. The summed E-state index contributed by atoms with van der Waals surface area (Å²) in [5.74, 6) is -0.159. The Morgan fingerprint density at radius 2 is 1.19 bits per heavy atom. The van der Waals surface area contributed by atoms with Gasteiger partial charge in [-0.2, -0.15) is 0 Å². The average molecular weight is 384 g/mol. The van der Waals surface area contributed by atoms with Crippen molar-refractivity contribution in [3.8, 4) is 0 Å². The van der Waals surface area contributed by atoms with E-state index in [0.717, 1.165) is 58.2 Å². The molecule has 1 heterocycles. The van der Waals surface area contributed by atoms with E-state index in [1.54, 1.807) is 0 Å². The lowest BCUT2D eigenvalue weighted by Crippen LogP contribution is -2.33. The number of esters is 2. The highest BCUT2D eigenvalue weighted by Crippen LogP contribution is 2.10. The predicted octanol–water partition coefficient (Wildman–Crippen LogP) is 4.87. The molecule has 1 rings (SSSR count). The van der Waals surface area contributed by atoms with Gasteiger partial charge in [0.05, 0.1) is 0 Å². The number of cyclic esters (lactones) is 2. The van der Waals surface area contributed by atoms with Crippen LogP contribution in [0.4, 0.5) is 0 Å². The normalized spacial score (nSPS) is 19.4. The Bertz CT molecular complexity index is 361. The second kappa shape index (κ2) is 17.0. The molecule has 0 amide bonds. The summed E-state index contributed by atoms with van der Waals surface area (Å²) < 4.78 is 10.8. The van der Waals surface area contributed by atoms with Crippen LogP contribution in [0.15, 0.2) is 0 Å². The van der Waals surface area contributed by atoms with Crippen molar-refractivity contribution in [2.75, 3.05) is 32.8 Å².